The molecule has 0 spiro atoms. The Hall–Kier alpha value is -3.55. The third kappa shape index (κ3) is 6.53. The number of carbonyl (C=O) groups excluding carboxylic acids is 1. The summed E-state index contributed by atoms with van der Waals surface area (Å²) in [6.45, 7) is 4.15. The van der Waals surface area contributed by atoms with E-state index in [4.69, 9.17) is 23.8 Å². The average molecular weight is 504 g/mol. The number of hydrogen-bond donors (Lipinski definition) is 2. The first-order chi connectivity index (χ1) is 16.9. The number of unbranched alkanes of at least 4 members (excludes halogenated alkanes) is 1. The fourth-order valence-corrected chi connectivity index (χ4v) is 3.88. The molecule has 6 nitrogen and oxygen atoms in total. The first-order valence-electron chi connectivity index (χ1n) is 11.4. The minimum Gasteiger partial charge on any atom is -0.332 e. The third-order valence-electron chi connectivity index (χ3n) is 5.49. The van der Waals surface area contributed by atoms with Crippen LogP contribution in [0.3, 0.4) is 0 Å². The summed E-state index contributed by atoms with van der Waals surface area (Å²) in [6.07, 6.45) is 6.55. The minimum absolute atomic E-state index is 0.202. The van der Waals surface area contributed by atoms with E-state index < -0.39 is 0 Å². The molecule has 0 atom stereocenters. The summed E-state index contributed by atoms with van der Waals surface area (Å²) in [5.74, 6) is -0.329. The monoisotopic (exact) mass is 503 g/mol. The van der Waals surface area contributed by atoms with Crippen LogP contribution in [0.1, 0.15) is 36.5 Å². The van der Waals surface area contributed by atoms with E-state index in [1.165, 1.54) is 24.5 Å². The molecule has 1 amide bonds. The minimum atomic E-state index is -0.329. The van der Waals surface area contributed by atoms with Crippen LogP contribution >= 0.6 is 23.8 Å². The number of hydrogen-bond acceptors (Lipinski definition) is 4. The van der Waals surface area contributed by atoms with Crippen molar-refractivity contribution in [2.75, 3.05) is 5.32 Å². The fraction of sp³-hybridized carbons (Fsp3) is 0.185. The van der Waals surface area contributed by atoms with Gasteiger partial charge in [-0.25, -0.2) is 0 Å². The molecule has 1 heterocycles. The van der Waals surface area contributed by atoms with Crippen LogP contribution in [-0.4, -0.2) is 26.0 Å². The number of anilines is 1. The Bertz CT molecular complexity index is 1380. The van der Waals surface area contributed by atoms with Gasteiger partial charge in [-0.1, -0.05) is 49.2 Å². The molecule has 0 saturated heterocycles. The van der Waals surface area contributed by atoms with E-state index in [9.17, 15) is 4.79 Å². The van der Waals surface area contributed by atoms with Crippen molar-refractivity contribution in [3.05, 3.63) is 88.5 Å². The summed E-state index contributed by atoms with van der Waals surface area (Å²) in [5.41, 5.74) is 6.29. The molecule has 178 valence electrons. The molecule has 2 N–H and O–H groups in total. The average Bonchev–Trinajstić information content (AvgIpc) is 3.25. The van der Waals surface area contributed by atoms with Crippen molar-refractivity contribution in [3.8, 4) is 5.69 Å². The molecule has 0 fully saturated rings. The Morgan fingerprint density at radius 2 is 1.74 bits per heavy atom. The summed E-state index contributed by atoms with van der Waals surface area (Å²) in [6, 6.07) is 19.3. The predicted octanol–water partition coefficient (Wildman–Crippen LogP) is 6.25. The van der Waals surface area contributed by atoms with Crippen molar-refractivity contribution in [3.63, 3.8) is 0 Å². The van der Waals surface area contributed by atoms with Crippen molar-refractivity contribution >= 4 is 57.6 Å². The maximum absolute atomic E-state index is 12.2. The second-order valence-corrected chi connectivity index (χ2v) is 9.09. The molecule has 0 saturated carbocycles. The number of aromatic nitrogens is 3. The summed E-state index contributed by atoms with van der Waals surface area (Å²) in [4.78, 5) is 13.9. The highest BCUT2D eigenvalue weighted by Gasteiger charge is 2.10. The molecular weight excluding hydrogens is 478 g/mol. The third-order valence-corrected chi connectivity index (χ3v) is 5.95. The van der Waals surface area contributed by atoms with Crippen LogP contribution in [-0.2, 0) is 11.2 Å². The summed E-state index contributed by atoms with van der Waals surface area (Å²) in [5, 5.41) is 15.8. The van der Waals surface area contributed by atoms with Gasteiger partial charge in [-0.05, 0) is 91.1 Å². The van der Waals surface area contributed by atoms with Crippen molar-refractivity contribution in [1.29, 1.82) is 0 Å². The second-order valence-electron chi connectivity index (χ2n) is 8.24. The van der Waals surface area contributed by atoms with Gasteiger partial charge in [0.15, 0.2) is 5.11 Å². The number of nitrogens with one attached hydrogen (secondary N) is 2. The number of amides is 1. The Morgan fingerprint density at radius 3 is 2.43 bits per heavy atom. The van der Waals surface area contributed by atoms with Crippen LogP contribution in [0, 0.1) is 6.92 Å². The number of thiocarbonyl (C=S) groups is 1. The Morgan fingerprint density at radius 1 is 1.06 bits per heavy atom. The fourth-order valence-electron chi connectivity index (χ4n) is 3.55. The smallest absolute Gasteiger partial charge is 0.250 e. The Balaban J connectivity index is 1.42. The number of fused-ring (bicyclic) bond motifs is 1. The molecule has 4 rings (SSSR count). The number of rotatable bonds is 7. The Labute approximate surface area is 215 Å². The van der Waals surface area contributed by atoms with Crippen LogP contribution in [0.25, 0.3) is 22.8 Å². The molecular formula is C27H26ClN5OS. The van der Waals surface area contributed by atoms with Crippen LogP contribution in [0.4, 0.5) is 5.69 Å². The summed E-state index contributed by atoms with van der Waals surface area (Å²) >= 11 is 11.2. The van der Waals surface area contributed by atoms with Gasteiger partial charge in [0.1, 0.15) is 11.0 Å². The lowest BCUT2D eigenvalue weighted by atomic mass is 10.1. The first-order valence-corrected chi connectivity index (χ1v) is 12.2. The van der Waals surface area contributed by atoms with Crippen molar-refractivity contribution in [2.45, 2.75) is 33.1 Å². The van der Waals surface area contributed by atoms with E-state index in [-0.39, 0.29) is 11.0 Å². The lowest BCUT2D eigenvalue weighted by Crippen LogP contribution is -2.33. The SMILES string of the molecule is CCCCc1ccc(-n2nc3cc(C)c(NC(=S)NC(=O)C=Cc4ccc(Cl)cc4)cc3n2)cc1. The van der Waals surface area contributed by atoms with E-state index in [1.54, 1.807) is 23.0 Å². The molecule has 8 heteroatoms. The molecule has 0 radical (unpaired) electrons. The highest BCUT2D eigenvalue weighted by atomic mass is 35.5. The predicted molar refractivity (Wildman–Crippen MR) is 147 cm³/mol. The van der Waals surface area contributed by atoms with Gasteiger partial charge in [0.05, 0.1) is 5.69 Å². The molecule has 0 aliphatic rings. The van der Waals surface area contributed by atoms with Gasteiger partial charge >= 0.3 is 0 Å². The Kier molecular flexibility index (Phi) is 7.90. The van der Waals surface area contributed by atoms with Crippen LogP contribution in [0.5, 0.6) is 0 Å². The lowest BCUT2D eigenvalue weighted by molar-refractivity contribution is -0.115. The quantitative estimate of drug-likeness (QED) is 0.230. The standard InChI is InChI=1S/C27H26ClN5OS/c1-3-4-5-19-8-13-22(14-9-19)33-31-24-16-18(2)23(17-25(24)32-33)29-27(35)30-26(34)15-10-20-6-11-21(28)12-7-20/h6-17H,3-5H2,1-2H3,(H2,29,30,34,35). The number of halogens is 1. The second kappa shape index (κ2) is 11.3. The molecule has 0 aliphatic heterocycles. The number of carbonyl (C=O) groups is 1. The van der Waals surface area contributed by atoms with E-state index in [0.29, 0.717) is 5.02 Å². The summed E-state index contributed by atoms with van der Waals surface area (Å²) < 4.78 is 0. The van der Waals surface area contributed by atoms with Gasteiger partial charge < -0.3 is 5.32 Å². The number of nitrogens with zero attached hydrogens (tertiary/aromatic N) is 3. The first kappa shape index (κ1) is 24.6. The zero-order valence-corrected chi connectivity index (χ0v) is 21.2. The maximum Gasteiger partial charge on any atom is 0.250 e. The van der Waals surface area contributed by atoms with Gasteiger partial charge in [-0.3, -0.25) is 10.1 Å². The molecule has 3 aromatic carbocycles. The zero-order valence-electron chi connectivity index (χ0n) is 19.6. The molecule has 0 bridgehead atoms. The van der Waals surface area contributed by atoms with Gasteiger partial charge in [0, 0.05) is 16.8 Å². The maximum atomic E-state index is 12.2. The van der Waals surface area contributed by atoms with Crippen molar-refractivity contribution < 1.29 is 4.79 Å². The largest absolute Gasteiger partial charge is 0.332 e. The van der Waals surface area contributed by atoms with E-state index in [0.717, 1.165) is 40.0 Å². The molecule has 0 aliphatic carbocycles. The molecule has 35 heavy (non-hydrogen) atoms. The summed E-state index contributed by atoms with van der Waals surface area (Å²) in [7, 11) is 0. The highest BCUT2D eigenvalue weighted by molar-refractivity contribution is 7.80. The van der Waals surface area contributed by atoms with E-state index >= 15 is 0 Å². The topological polar surface area (TPSA) is 71.8 Å². The van der Waals surface area contributed by atoms with Gasteiger partial charge in [0.25, 0.3) is 0 Å². The molecule has 1 aromatic heterocycles. The van der Waals surface area contributed by atoms with Crippen molar-refractivity contribution in [1.82, 2.24) is 20.3 Å². The molecule has 4 aromatic rings. The normalized spacial score (nSPS) is 11.2. The highest BCUT2D eigenvalue weighted by Crippen LogP contribution is 2.22. The van der Waals surface area contributed by atoms with Crippen LogP contribution in [0.2, 0.25) is 5.02 Å². The van der Waals surface area contributed by atoms with Gasteiger partial charge in [-0.2, -0.15) is 4.80 Å². The van der Waals surface area contributed by atoms with Gasteiger partial charge in [0.2, 0.25) is 5.91 Å². The number of aryl methyl sites for hydroxylation is 2. The molecule has 0 unspecified atom stereocenters. The lowest BCUT2D eigenvalue weighted by Gasteiger charge is -2.10. The van der Waals surface area contributed by atoms with E-state index in [2.05, 4.69) is 39.9 Å². The van der Waals surface area contributed by atoms with Crippen LogP contribution in [0.15, 0.2) is 66.7 Å². The van der Waals surface area contributed by atoms with Crippen LogP contribution < -0.4 is 10.6 Å². The van der Waals surface area contributed by atoms with E-state index in [1.807, 2.05) is 43.3 Å². The zero-order chi connectivity index (χ0) is 24.8. The number of benzene rings is 3. The van der Waals surface area contributed by atoms with Gasteiger partial charge in [-0.15, -0.1) is 10.2 Å². The van der Waals surface area contributed by atoms with Crippen molar-refractivity contribution in [2.24, 2.45) is 0 Å².